The van der Waals surface area contributed by atoms with Gasteiger partial charge in [0, 0.05) is 26.0 Å². The van der Waals surface area contributed by atoms with Crippen molar-refractivity contribution in [2.45, 2.75) is 11.5 Å². The van der Waals surface area contributed by atoms with Crippen LogP contribution >= 0.6 is 0 Å². The van der Waals surface area contributed by atoms with Gasteiger partial charge in [-0.15, -0.1) is 0 Å². The number of sulfonamides is 1. The third kappa shape index (κ3) is 3.12. The lowest BCUT2D eigenvalue weighted by Crippen LogP contribution is -2.28. The predicted molar refractivity (Wildman–Crippen MR) is 71.9 cm³/mol. The minimum absolute atomic E-state index is 0.00823. The quantitative estimate of drug-likeness (QED) is 0.751. The maximum absolute atomic E-state index is 12.2. The average molecular weight is 294 g/mol. The summed E-state index contributed by atoms with van der Waals surface area (Å²) < 4.78 is 30.5. The third-order valence-corrected chi connectivity index (χ3v) is 4.58. The summed E-state index contributed by atoms with van der Waals surface area (Å²) in [6.07, 6.45) is 4.36. The van der Waals surface area contributed by atoms with E-state index < -0.39 is 10.0 Å². The number of hydrogen-bond donors (Lipinski definition) is 0. The number of pyridine rings is 1. The molecule has 0 unspecified atom stereocenters. The van der Waals surface area contributed by atoms with E-state index in [0.29, 0.717) is 19.3 Å². The second kappa shape index (κ2) is 5.98. The van der Waals surface area contributed by atoms with E-state index in [4.69, 9.17) is 4.42 Å². The summed E-state index contributed by atoms with van der Waals surface area (Å²) in [5.41, 5.74) is 0.995. The molecule has 0 bridgehead atoms. The van der Waals surface area contributed by atoms with Gasteiger partial charge >= 0.3 is 0 Å². The number of likely N-dealkylation sites (N-methyl/N-ethyl adjacent to an activating group) is 1. The van der Waals surface area contributed by atoms with Gasteiger partial charge in [-0.1, -0.05) is 0 Å². The topological polar surface area (TPSA) is 80.5 Å². The molecule has 106 valence electrons. The highest BCUT2D eigenvalue weighted by Gasteiger charge is 2.24. The maximum atomic E-state index is 12.2. The highest BCUT2D eigenvalue weighted by Crippen LogP contribution is 2.17. The smallest absolute Gasteiger partial charge is 0.276 e. The van der Waals surface area contributed by atoms with Crippen LogP contribution in [0.5, 0.6) is 0 Å². The lowest BCUT2D eigenvalue weighted by atomic mass is 10.2. The largest absolute Gasteiger partial charge is 0.440 e. The van der Waals surface area contributed by atoms with Crippen LogP contribution < -0.4 is 0 Å². The molecule has 0 aromatic carbocycles. The predicted octanol–water partition coefficient (Wildman–Crippen LogP) is 1.35. The summed E-state index contributed by atoms with van der Waals surface area (Å²) in [4.78, 5) is 14.4. The zero-order valence-corrected chi connectivity index (χ0v) is 11.7. The lowest BCUT2D eigenvalue weighted by molar-refractivity contribution is 0.109. The van der Waals surface area contributed by atoms with Crippen LogP contribution in [0, 0.1) is 0 Å². The van der Waals surface area contributed by atoms with E-state index in [1.807, 2.05) is 12.1 Å². The molecular formula is C13H14N2O4S. The van der Waals surface area contributed by atoms with E-state index in [-0.39, 0.29) is 10.9 Å². The number of carbonyl (C=O) groups excluding carboxylic acids is 1. The van der Waals surface area contributed by atoms with Gasteiger partial charge in [0.2, 0.25) is 5.09 Å². The van der Waals surface area contributed by atoms with Gasteiger partial charge < -0.3 is 4.42 Å². The molecule has 0 aliphatic rings. The Morgan fingerprint density at radius 1 is 1.25 bits per heavy atom. The van der Waals surface area contributed by atoms with Gasteiger partial charge in [0.05, 0.1) is 0 Å². The molecule has 0 N–H and O–H groups in total. The standard InChI is InChI=1S/C13H14N2O4S/c1-15(9-6-11-4-7-14-8-5-11)20(17,18)13-3-2-12(10-16)19-13/h2-5,7-8,10H,6,9H2,1H3. The molecule has 0 radical (unpaired) electrons. The van der Waals surface area contributed by atoms with Crippen molar-refractivity contribution < 1.29 is 17.6 Å². The van der Waals surface area contributed by atoms with Gasteiger partial charge in [0.1, 0.15) is 0 Å². The zero-order valence-electron chi connectivity index (χ0n) is 10.9. The summed E-state index contributed by atoms with van der Waals surface area (Å²) >= 11 is 0. The van der Waals surface area contributed by atoms with Crippen LogP contribution in [0.4, 0.5) is 0 Å². The molecular weight excluding hydrogens is 280 g/mol. The van der Waals surface area contributed by atoms with Crippen molar-refractivity contribution in [2.24, 2.45) is 0 Å². The average Bonchev–Trinajstić information content (AvgIpc) is 2.95. The number of hydrogen-bond acceptors (Lipinski definition) is 5. The monoisotopic (exact) mass is 294 g/mol. The molecule has 2 heterocycles. The molecule has 0 spiro atoms. The second-order valence-corrected chi connectivity index (χ2v) is 6.18. The molecule has 0 atom stereocenters. The summed E-state index contributed by atoms with van der Waals surface area (Å²) in [5, 5.41) is -0.225. The number of aromatic nitrogens is 1. The first-order chi connectivity index (χ1) is 9.54. The molecule has 20 heavy (non-hydrogen) atoms. The molecule has 0 aliphatic heterocycles. The van der Waals surface area contributed by atoms with Crippen LogP contribution in [0.1, 0.15) is 16.1 Å². The highest BCUT2D eigenvalue weighted by molar-refractivity contribution is 7.89. The molecule has 7 heteroatoms. The van der Waals surface area contributed by atoms with Crippen molar-refractivity contribution in [1.82, 2.24) is 9.29 Å². The number of carbonyl (C=O) groups is 1. The molecule has 0 saturated carbocycles. The Balaban J connectivity index is 2.07. The molecule has 6 nitrogen and oxygen atoms in total. The second-order valence-electron chi connectivity index (χ2n) is 4.21. The van der Waals surface area contributed by atoms with E-state index >= 15 is 0 Å². The first-order valence-corrected chi connectivity index (χ1v) is 7.38. The fourth-order valence-corrected chi connectivity index (χ4v) is 2.73. The van der Waals surface area contributed by atoms with Crippen molar-refractivity contribution in [1.29, 1.82) is 0 Å². The van der Waals surface area contributed by atoms with Crippen LogP contribution in [0.2, 0.25) is 0 Å². The van der Waals surface area contributed by atoms with Crippen molar-refractivity contribution in [3.63, 3.8) is 0 Å². The normalized spacial score (nSPS) is 11.7. The summed E-state index contributed by atoms with van der Waals surface area (Å²) in [6.45, 7) is 0.309. The Kier molecular flexibility index (Phi) is 4.31. The molecule has 0 aliphatic carbocycles. The van der Waals surface area contributed by atoms with Crippen LogP contribution in [0.25, 0.3) is 0 Å². The van der Waals surface area contributed by atoms with E-state index in [0.717, 1.165) is 5.56 Å². The molecule has 2 aromatic rings. The number of furan rings is 1. The Hall–Kier alpha value is -1.99. The van der Waals surface area contributed by atoms with Crippen LogP contribution in [-0.4, -0.2) is 37.6 Å². The molecule has 0 saturated heterocycles. The van der Waals surface area contributed by atoms with Crippen molar-refractivity contribution in [3.05, 3.63) is 48.0 Å². The van der Waals surface area contributed by atoms with Crippen molar-refractivity contribution in [2.75, 3.05) is 13.6 Å². The van der Waals surface area contributed by atoms with Gasteiger partial charge in [-0.25, -0.2) is 8.42 Å². The Labute approximate surface area is 117 Å². The van der Waals surface area contributed by atoms with Crippen molar-refractivity contribution >= 4 is 16.3 Å². The van der Waals surface area contributed by atoms with Crippen LogP contribution in [-0.2, 0) is 16.4 Å². The molecule has 0 fully saturated rings. The summed E-state index contributed by atoms with van der Waals surface area (Å²) in [7, 11) is -2.23. The van der Waals surface area contributed by atoms with Gasteiger partial charge in [-0.3, -0.25) is 9.78 Å². The Bertz CT molecular complexity index is 679. The SMILES string of the molecule is CN(CCc1ccncc1)S(=O)(=O)c1ccc(C=O)o1. The Morgan fingerprint density at radius 2 is 1.95 bits per heavy atom. The summed E-state index contributed by atoms with van der Waals surface area (Å²) in [6, 6.07) is 6.27. The lowest BCUT2D eigenvalue weighted by Gasteiger charge is -2.15. The van der Waals surface area contributed by atoms with Gasteiger partial charge in [0.15, 0.2) is 12.0 Å². The van der Waals surface area contributed by atoms with E-state index in [1.165, 1.54) is 23.5 Å². The Morgan fingerprint density at radius 3 is 2.55 bits per heavy atom. The fraction of sp³-hybridized carbons (Fsp3) is 0.231. The van der Waals surface area contributed by atoms with E-state index in [9.17, 15) is 13.2 Å². The van der Waals surface area contributed by atoms with E-state index in [1.54, 1.807) is 12.4 Å². The fourth-order valence-electron chi connectivity index (χ4n) is 1.65. The minimum Gasteiger partial charge on any atom is -0.440 e. The molecule has 0 amide bonds. The van der Waals surface area contributed by atoms with Crippen LogP contribution in [0.15, 0.2) is 46.2 Å². The van der Waals surface area contributed by atoms with Crippen molar-refractivity contribution in [3.8, 4) is 0 Å². The number of nitrogens with zero attached hydrogens (tertiary/aromatic N) is 2. The molecule has 2 aromatic heterocycles. The maximum Gasteiger partial charge on any atom is 0.276 e. The van der Waals surface area contributed by atoms with Crippen LogP contribution in [0.3, 0.4) is 0 Å². The van der Waals surface area contributed by atoms with Gasteiger partial charge in [-0.05, 0) is 36.2 Å². The van der Waals surface area contributed by atoms with Gasteiger partial charge in [-0.2, -0.15) is 4.31 Å². The van der Waals surface area contributed by atoms with Gasteiger partial charge in [0.25, 0.3) is 10.0 Å². The minimum atomic E-state index is -3.71. The first kappa shape index (κ1) is 14.4. The number of aldehydes is 1. The summed E-state index contributed by atoms with van der Waals surface area (Å²) in [5.74, 6) is -0.00823. The number of rotatable bonds is 6. The molecule has 2 rings (SSSR count). The highest BCUT2D eigenvalue weighted by atomic mass is 32.2. The zero-order chi connectivity index (χ0) is 14.6. The van der Waals surface area contributed by atoms with E-state index in [2.05, 4.69) is 4.98 Å². The first-order valence-electron chi connectivity index (χ1n) is 5.94. The third-order valence-electron chi connectivity index (χ3n) is 2.85.